The van der Waals surface area contributed by atoms with Gasteiger partial charge in [-0.25, -0.2) is 0 Å². The van der Waals surface area contributed by atoms with Crippen LogP contribution in [0.5, 0.6) is 5.75 Å². The number of hydrogen-bond donors (Lipinski definition) is 0. The summed E-state index contributed by atoms with van der Waals surface area (Å²) in [7, 11) is 1.60. The van der Waals surface area contributed by atoms with Gasteiger partial charge in [-0.05, 0) is 23.1 Å². The van der Waals surface area contributed by atoms with Gasteiger partial charge in [-0.2, -0.15) is 0 Å². The predicted molar refractivity (Wildman–Crippen MR) is 78.4 cm³/mol. The molecule has 0 aromatic heterocycles. The first kappa shape index (κ1) is 14.9. The molecule has 0 aliphatic carbocycles. The minimum Gasteiger partial charge on any atom is -0.496 e. The lowest BCUT2D eigenvalue weighted by Gasteiger charge is -2.28. The van der Waals surface area contributed by atoms with Crippen molar-refractivity contribution in [3.05, 3.63) is 29.3 Å². The number of carbonyl (C=O) groups excluding carboxylic acids is 1. The van der Waals surface area contributed by atoms with Crippen LogP contribution in [0.15, 0.2) is 18.2 Å². The fourth-order valence-electron chi connectivity index (χ4n) is 2.28. The summed E-state index contributed by atoms with van der Waals surface area (Å²) in [6.07, 6.45) is 0. The summed E-state index contributed by atoms with van der Waals surface area (Å²) in [4.78, 5) is 14.5. The molecule has 0 atom stereocenters. The monoisotopic (exact) mass is 277 g/mol. The normalized spacial score (nSPS) is 16.1. The zero-order valence-electron chi connectivity index (χ0n) is 12.7. The molecule has 0 saturated carbocycles. The average Bonchev–Trinajstić information content (AvgIpc) is 2.45. The fraction of sp³-hybridized carbons (Fsp3) is 0.562. The molecule has 20 heavy (non-hydrogen) atoms. The van der Waals surface area contributed by atoms with Crippen LogP contribution < -0.4 is 4.74 Å². The highest BCUT2D eigenvalue weighted by Crippen LogP contribution is 2.28. The van der Waals surface area contributed by atoms with Gasteiger partial charge in [0, 0.05) is 13.1 Å². The highest BCUT2D eigenvalue weighted by Gasteiger charge is 2.24. The first-order valence-electron chi connectivity index (χ1n) is 6.99. The number of ether oxygens (including phenoxy) is 2. The minimum atomic E-state index is 0.00626. The van der Waals surface area contributed by atoms with E-state index >= 15 is 0 Å². The number of carbonyl (C=O) groups is 1. The van der Waals surface area contributed by atoms with Crippen molar-refractivity contribution in [3.8, 4) is 5.75 Å². The number of amides is 1. The maximum atomic E-state index is 12.6. The average molecular weight is 277 g/mol. The standard InChI is InChI=1S/C16H23NO3/c1-16(2,3)12-5-6-14(19-4)13(11-12)15(18)17-7-9-20-10-8-17/h5-6,11H,7-10H2,1-4H3. The SMILES string of the molecule is COc1ccc(C(C)(C)C)cc1C(=O)N1CCOCC1. The lowest BCUT2D eigenvalue weighted by atomic mass is 9.86. The van der Waals surface area contributed by atoms with Crippen LogP contribution >= 0.6 is 0 Å². The summed E-state index contributed by atoms with van der Waals surface area (Å²) in [5, 5.41) is 0. The molecule has 110 valence electrons. The van der Waals surface area contributed by atoms with Gasteiger partial charge in [0.25, 0.3) is 5.91 Å². The molecule has 2 rings (SSSR count). The van der Waals surface area contributed by atoms with Crippen molar-refractivity contribution >= 4 is 5.91 Å². The van der Waals surface area contributed by atoms with E-state index in [-0.39, 0.29) is 11.3 Å². The van der Waals surface area contributed by atoms with Crippen molar-refractivity contribution in [2.75, 3.05) is 33.4 Å². The fourth-order valence-corrected chi connectivity index (χ4v) is 2.28. The quantitative estimate of drug-likeness (QED) is 0.833. The molecule has 0 unspecified atom stereocenters. The maximum Gasteiger partial charge on any atom is 0.257 e. The van der Waals surface area contributed by atoms with Crippen LogP contribution in [0.4, 0.5) is 0 Å². The van der Waals surface area contributed by atoms with E-state index in [1.807, 2.05) is 23.1 Å². The first-order chi connectivity index (χ1) is 9.43. The molecule has 1 heterocycles. The van der Waals surface area contributed by atoms with Crippen molar-refractivity contribution in [3.63, 3.8) is 0 Å². The molecule has 4 nitrogen and oxygen atoms in total. The van der Waals surface area contributed by atoms with Crippen LogP contribution in [0.1, 0.15) is 36.7 Å². The molecule has 0 N–H and O–H groups in total. The number of rotatable bonds is 2. The van der Waals surface area contributed by atoms with Crippen molar-refractivity contribution in [2.24, 2.45) is 0 Å². The van der Waals surface area contributed by atoms with Crippen LogP contribution in [0, 0.1) is 0 Å². The Morgan fingerprint density at radius 2 is 1.90 bits per heavy atom. The zero-order valence-corrected chi connectivity index (χ0v) is 12.7. The van der Waals surface area contributed by atoms with Gasteiger partial charge in [0.1, 0.15) is 5.75 Å². The molecule has 1 amide bonds. The molecular weight excluding hydrogens is 254 g/mol. The Labute approximate surface area is 120 Å². The molecule has 0 bridgehead atoms. The van der Waals surface area contributed by atoms with Gasteiger partial charge in [0.2, 0.25) is 0 Å². The number of hydrogen-bond acceptors (Lipinski definition) is 3. The largest absolute Gasteiger partial charge is 0.496 e. The van der Waals surface area contributed by atoms with Gasteiger partial charge in [-0.3, -0.25) is 4.79 Å². The summed E-state index contributed by atoms with van der Waals surface area (Å²) in [6, 6.07) is 5.86. The van der Waals surface area contributed by atoms with Gasteiger partial charge in [-0.15, -0.1) is 0 Å². The van der Waals surface area contributed by atoms with Crippen LogP contribution in [0.25, 0.3) is 0 Å². The van der Waals surface area contributed by atoms with E-state index in [1.54, 1.807) is 7.11 Å². The van der Waals surface area contributed by atoms with E-state index in [4.69, 9.17) is 9.47 Å². The minimum absolute atomic E-state index is 0.00626. The molecule has 1 fully saturated rings. The van der Waals surface area contributed by atoms with Crippen LogP contribution in [0.3, 0.4) is 0 Å². The summed E-state index contributed by atoms with van der Waals surface area (Å²) >= 11 is 0. The lowest BCUT2D eigenvalue weighted by Crippen LogP contribution is -2.40. The Kier molecular flexibility index (Phi) is 4.33. The molecule has 4 heteroatoms. The molecule has 1 aromatic rings. The van der Waals surface area contributed by atoms with E-state index in [1.165, 1.54) is 0 Å². The number of benzene rings is 1. The van der Waals surface area contributed by atoms with Crippen LogP contribution in [-0.4, -0.2) is 44.2 Å². The molecule has 1 aromatic carbocycles. The van der Waals surface area contributed by atoms with Gasteiger partial charge in [-0.1, -0.05) is 26.8 Å². The van der Waals surface area contributed by atoms with E-state index in [0.29, 0.717) is 37.6 Å². The van der Waals surface area contributed by atoms with Crippen molar-refractivity contribution in [1.29, 1.82) is 0 Å². The Hall–Kier alpha value is -1.55. The maximum absolute atomic E-state index is 12.6. The number of methoxy groups -OCH3 is 1. The van der Waals surface area contributed by atoms with E-state index in [0.717, 1.165) is 5.56 Å². The Morgan fingerprint density at radius 3 is 2.45 bits per heavy atom. The summed E-state index contributed by atoms with van der Waals surface area (Å²) in [5.74, 6) is 0.658. The summed E-state index contributed by atoms with van der Waals surface area (Å²) in [5.41, 5.74) is 1.78. The topological polar surface area (TPSA) is 38.8 Å². The smallest absolute Gasteiger partial charge is 0.257 e. The van der Waals surface area contributed by atoms with Crippen LogP contribution in [0.2, 0.25) is 0 Å². The third-order valence-corrected chi connectivity index (χ3v) is 3.59. The van der Waals surface area contributed by atoms with Gasteiger partial charge in [0.15, 0.2) is 0 Å². The second-order valence-electron chi connectivity index (χ2n) is 6.07. The molecule has 1 aliphatic rings. The van der Waals surface area contributed by atoms with Crippen molar-refractivity contribution < 1.29 is 14.3 Å². The molecular formula is C16H23NO3. The highest BCUT2D eigenvalue weighted by molar-refractivity contribution is 5.97. The molecule has 0 spiro atoms. The van der Waals surface area contributed by atoms with Crippen LogP contribution in [-0.2, 0) is 10.2 Å². The second-order valence-corrected chi connectivity index (χ2v) is 6.07. The molecule has 1 saturated heterocycles. The Balaban J connectivity index is 2.34. The van der Waals surface area contributed by atoms with Crippen molar-refractivity contribution in [1.82, 2.24) is 4.90 Å². The molecule has 0 radical (unpaired) electrons. The predicted octanol–water partition coefficient (Wildman–Crippen LogP) is 2.47. The zero-order chi connectivity index (χ0) is 14.8. The third-order valence-electron chi connectivity index (χ3n) is 3.59. The van der Waals surface area contributed by atoms with Gasteiger partial charge < -0.3 is 14.4 Å². The Bertz CT molecular complexity index is 485. The van der Waals surface area contributed by atoms with E-state index in [9.17, 15) is 4.79 Å². The first-order valence-corrected chi connectivity index (χ1v) is 6.99. The Morgan fingerprint density at radius 1 is 1.25 bits per heavy atom. The van der Waals surface area contributed by atoms with Crippen molar-refractivity contribution in [2.45, 2.75) is 26.2 Å². The van der Waals surface area contributed by atoms with Gasteiger partial charge >= 0.3 is 0 Å². The second kappa shape index (κ2) is 5.83. The highest BCUT2D eigenvalue weighted by atomic mass is 16.5. The summed E-state index contributed by atoms with van der Waals surface area (Å²) in [6.45, 7) is 8.90. The molecule has 1 aliphatic heterocycles. The van der Waals surface area contributed by atoms with E-state index < -0.39 is 0 Å². The summed E-state index contributed by atoms with van der Waals surface area (Å²) < 4.78 is 10.6. The van der Waals surface area contributed by atoms with E-state index in [2.05, 4.69) is 20.8 Å². The number of nitrogens with zero attached hydrogens (tertiary/aromatic N) is 1. The third kappa shape index (κ3) is 3.12. The van der Waals surface area contributed by atoms with Gasteiger partial charge in [0.05, 0.1) is 25.9 Å². The number of morpholine rings is 1. The lowest BCUT2D eigenvalue weighted by molar-refractivity contribution is 0.0301.